The Morgan fingerprint density at radius 3 is 2.80 bits per heavy atom. The highest BCUT2D eigenvalue weighted by molar-refractivity contribution is 5.23. The van der Waals surface area contributed by atoms with Crippen LogP contribution in [0.15, 0.2) is 24.3 Å². The topological polar surface area (TPSA) is 46.2 Å². The highest BCUT2D eigenvalue weighted by Crippen LogP contribution is 2.40. The summed E-state index contributed by atoms with van der Waals surface area (Å²) in [6, 6.07) is 6.78. The Labute approximate surface area is 88.9 Å². The van der Waals surface area contributed by atoms with E-state index in [1.165, 1.54) is 6.07 Å². The van der Waals surface area contributed by atoms with Gasteiger partial charge in [-0.2, -0.15) is 0 Å². The van der Waals surface area contributed by atoms with Crippen LogP contribution in [0.5, 0.6) is 0 Å². The maximum Gasteiger partial charge on any atom is 0.126 e. The first-order valence-corrected chi connectivity index (χ1v) is 5.31. The minimum Gasteiger partial charge on any atom is -0.389 e. The second kappa shape index (κ2) is 3.91. The van der Waals surface area contributed by atoms with Crippen LogP contribution < -0.4 is 5.73 Å². The third kappa shape index (κ3) is 2.03. The molecule has 0 spiro atoms. The first-order valence-electron chi connectivity index (χ1n) is 5.31. The molecule has 2 rings (SSSR count). The quantitative estimate of drug-likeness (QED) is 0.780. The van der Waals surface area contributed by atoms with Gasteiger partial charge < -0.3 is 10.8 Å². The fraction of sp³-hybridized carbons (Fsp3) is 0.500. The molecule has 0 saturated heterocycles. The van der Waals surface area contributed by atoms with E-state index >= 15 is 0 Å². The Bertz CT molecular complexity index is 355. The van der Waals surface area contributed by atoms with Gasteiger partial charge in [-0.1, -0.05) is 18.2 Å². The van der Waals surface area contributed by atoms with E-state index < -0.39 is 5.60 Å². The summed E-state index contributed by atoms with van der Waals surface area (Å²) < 4.78 is 13.5. The van der Waals surface area contributed by atoms with Gasteiger partial charge >= 0.3 is 0 Å². The molecular weight excluding hydrogens is 193 g/mol. The van der Waals surface area contributed by atoms with E-state index in [0.29, 0.717) is 18.4 Å². The molecule has 1 aromatic carbocycles. The molecule has 3 heteroatoms. The molecule has 1 aromatic rings. The van der Waals surface area contributed by atoms with Crippen molar-refractivity contribution < 1.29 is 9.50 Å². The minimum atomic E-state index is -0.785. The maximum absolute atomic E-state index is 13.5. The number of hydrogen-bond donors (Lipinski definition) is 2. The van der Waals surface area contributed by atoms with E-state index in [9.17, 15) is 9.50 Å². The van der Waals surface area contributed by atoms with Crippen LogP contribution in [0.3, 0.4) is 0 Å². The highest BCUT2D eigenvalue weighted by Gasteiger charge is 2.37. The first-order chi connectivity index (χ1) is 7.14. The van der Waals surface area contributed by atoms with Gasteiger partial charge in [0.05, 0.1) is 5.60 Å². The van der Waals surface area contributed by atoms with Gasteiger partial charge in [0.2, 0.25) is 0 Å². The molecule has 2 atom stereocenters. The van der Waals surface area contributed by atoms with Crippen LogP contribution >= 0.6 is 0 Å². The predicted molar refractivity (Wildman–Crippen MR) is 57.0 cm³/mol. The SMILES string of the molecule is NCC1(O)CCC(c2ccccc2F)C1. The van der Waals surface area contributed by atoms with Crippen LogP contribution in [-0.4, -0.2) is 17.3 Å². The third-order valence-corrected chi connectivity index (χ3v) is 3.31. The van der Waals surface area contributed by atoms with Crippen LogP contribution in [0, 0.1) is 5.82 Å². The van der Waals surface area contributed by atoms with E-state index in [4.69, 9.17) is 5.73 Å². The van der Waals surface area contributed by atoms with Crippen LogP contribution in [0.2, 0.25) is 0 Å². The smallest absolute Gasteiger partial charge is 0.126 e. The molecule has 0 aromatic heterocycles. The average molecular weight is 209 g/mol. The predicted octanol–water partition coefficient (Wildman–Crippen LogP) is 1.78. The molecule has 2 nitrogen and oxygen atoms in total. The molecule has 3 N–H and O–H groups in total. The van der Waals surface area contributed by atoms with Gasteiger partial charge in [0.25, 0.3) is 0 Å². The van der Waals surface area contributed by atoms with Gasteiger partial charge in [0.1, 0.15) is 5.82 Å². The summed E-state index contributed by atoms with van der Waals surface area (Å²) in [6.45, 7) is 0.262. The van der Waals surface area contributed by atoms with Crippen molar-refractivity contribution in [2.24, 2.45) is 5.73 Å². The largest absolute Gasteiger partial charge is 0.389 e. The van der Waals surface area contributed by atoms with Gasteiger partial charge in [-0.05, 0) is 36.8 Å². The normalized spacial score (nSPS) is 30.7. The average Bonchev–Trinajstić information content (AvgIpc) is 2.63. The standard InChI is InChI=1S/C12H16FNO/c13-11-4-2-1-3-10(11)9-5-6-12(15,7-9)8-14/h1-4,9,15H,5-8,14H2. The molecule has 1 aliphatic rings. The van der Waals surface area contributed by atoms with Crippen LogP contribution in [0.4, 0.5) is 4.39 Å². The Morgan fingerprint density at radius 1 is 1.47 bits per heavy atom. The molecule has 2 unspecified atom stereocenters. The Morgan fingerprint density at radius 2 is 2.20 bits per heavy atom. The molecule has 0 aliphatic heterocycles. The van der Waals surface area contributed by atoms with E-state index in [0.717, 1.165) is 6.42 Å². The number of hydrogen-bond acceptors (Lipinski definition) is 2. The molecule has 0 amide bonds. The fourth-order valence-electron chi connectivity index (χ4n) is 2.36. The fourth-order valence-corrected chi connectivity index (χ4v) is 2.36. The lowest BCUT2D eigenvalue weighted by Gasteiger charge is -2.20. The Kier molecular flexibility index (Phi) is 2.76. The van der Waals surface area contributed by atoms with Gasteiger partial charge in [-0.25, -0.2) is 4.39 Å². The van der Waals surface area contributed by atoms with Crippen molar-refractivity contribution in [1.29, 1.82) is 0 Å². The molecule has 1 saturated carbocycles. The summed E-state index contributed by atoms with van der Waals surface area (Å²) in [5.41, 5.74) is 5.43. The number of rotatable bonds is 2. The van der Waals surface area contributed by atoms with Crippen molar-refractivity contribution in [3.05, 3.63) is 35.6 Å². The number of halogens is 1. The molecule has 15 heavy (non-hydrogen) atoms. The third-order valence-electron chi connectivity index (χ3n) is 3.31. The lowest BCUT2D eigenvalue weighted by atomic mass is 9.94. The van der Waals surface area contributed by atoms with Crippen LogP contribution in [0.25, 0.3) is 0 Å². The molecule has 1 fully saturated rings. The van der Waals surface area contributed by atoms with E-state index in [2.05, 4.69) is 0 Å². The van der Waals surface area contributed by atoms with Crippen molar-refractivity contribution in [2.75, 3.05) is 6.54 Å². The van der Waals surface area contributed by atoms with Gasteiger partial charge in [0, 0.05) is 6.54 Å². The number of benzene rings is 1. The summed E-state index contributed by atoms with van der Waals surface area (Å²) in [5, 5.41) is 9.98. The lowest BCUT2D eigenvalue weighted by molar-refractivity contribution is 0.0553. The number of aliphatic hydroxyl groups is 1. The molecule has 0 heterocycles. The van der Waals surface area contributed by atoms with Crippen molar-refractivity contribution in [1.82, 2.24) is 0 Å². The van der Waals surface area contributed by atoms with Crippen LogP contribution in [-0.2, 0) is 0 Å². The van der Waals surface area contributed by atoms with Crippen molar-refractivity contribution in [3.63, 3.8) is 0 Å². The second-order valence-corrected chi connectivity index (χ2v) is 4.39. The van der Waals surface area contributed by atoms with E-state index in [1.807, 2.05) is 6.07 Å². The second-order valence-electron chi connectivity index (χ2n) is 4.39. The van der Waals surface area contributed by atoms with Gasteiger partial charge in [-0.3, -0.25) is 0 Å². The van der Waals surface area contributed by atoms with E-state index in [-0.39, 0.29) is 18.3 Å². The summed E-state index contributed by atoms with van der Waals surface area (Å²) >= 11 is 0. The highest BCUT2D eigenvalue weighted by atomic mass is 19.1. The van der Waals surface area contributed by atoms with Crippen molar-refractivity contribution in [2.45, 2.75) is 30.8 Å². The maximum atomic E-state index is 13.5. The monoisotopic (exact) mass is 209 g/mol. The summed E-state index contributed by atoms with van der Waals surface area (Å²) in [7, 11) is 0. The summed E-state index contributed by atoms with van der Waals surface area (Å²) in [5.74, 6) is -0.0662. The molecular formula is C12H16FNO. The summed E-state index contributed by atoms with van der Waals surface area (Å²) in [6.07, 6.45) is 2.06. The Hall–Kier alpha value is -0.930. The number of nitrogens with two attached hydrogens (primary N) is 1. The zero-order valence-electron chi connectivity index (χ0n) is 8.62. The zero-order chi connectivity index (χ0) is 10.9. The Balaban J connectivity index is 2.18. The minimum absolute atomic E-state index is 0.111. The molecule has 82 valence electrons. The van der Waals surface area contributed by atoms with Gasteiger partial charge in [0.15, 0.2) is 0 Å². The zero-order valence-corrected chi connectivity index (χ0v) is 8.62. The molecule has 0 radical (unpaired) electrons. The van der Waals surface area contributed by atoms with Crippen molar-refractivity contribution in [3.8, 4) is 0 Å². The molecule has 1 aliphatic carbocycles. The summed E-state index contributed by atoms with van der Waals surface area (Å²) in [4.78, 5) is 0. The van der Waals surface area contributed by atoms with Gasteiger partial charge in [-0.15, -0.1) is 0 Å². The van der Waals surface area contributed by atoms with Crippen molar-refractivity contribution >= 4 is 0 Å². The lowest BCUT2D eigenvalue weighted by Crippen LogP contribution is -2.34. The van der Waals surface area contributed by atoms with E-state index in [1.54, 1.807) is 12.1 Å². The first kappa shape index (κ1) is 10.6. The van der Waals surface area contributed by atoms with Crippen LogP contribution in [0.1, 0.15) is 30.7 Å². The molecule has 0 bridgehead atoms.